The molecule has 0 saturated carbocycles. The van der Waals surface area contributed by atoms with E-state index < -0.39 is 0 Å². The molecule has 2 unspecified atom stereocenters. The fourth-order valence-electron chi connectivity index (χ4n) is 3.31. The van der Waals surface area contributed by atoms with E-state index in [1.807, 2.05) is 0 Å². The highest BCUT2D eigenvalue weighted by Gasteiger charge is 2.23. The van der Waals surface area contributed by atoms with Crippen LogP contribution >= 0.6 is 0 Å². The Morgan fingerprint density at radius 2 is 1.88 bits per heavy atom. The summed E-state index contributed by atoms with van der Waals surface area (Å²) in [6.45, 7) is 10.00. The van der Waals surface area contributed by atoms with Crippen LogP contribution in [0.4, 0.5) is 0 Å². The van der Waals surface area contributed by atoms with Crippen LogP contribution in [0, 0.1) is 11.8 Å². The van der Waals surface area contributed by atoms with Gasteiger partial charge in [0.1, 0.15) is 0 Å². The van der Waals surface area contributed by atoms with Crippen LogP contribution in [0.1, 0.15) is 46.0 Å². The number of nitrogens with zero attached hydrogens (tertiary/aromatic N) is 1. The summed E-state index contributed by atoms with van der Waals surface area (Å²) < 4.78 is 0. The third kappa shape index (κ3) is 3.46. The van der Waals surface area contributed by atoms with Crippen LogP contribution in [-0.2, 0) is 0 Å². The monoisotopic (exact) mass is 224 g/mol. The van der Waals surface area contributed by atoms with Gasteiger partial charge in [-0.1, -0.05) is 6.92 Å². The van der Waals surface area contributed by atoms with E-state index in [1.54, 1.807) is 0 Å². The molecule has 2 fully saturated rings. The van der Waals surface area contributed by atoms with Crippen molar-refractivity contribution in [3.05, 3.63) is 0 Å². The summed E-state index contributed by atoms with van der Waals surface area (Å²) in [5.41, 5.74) is 0. The molecular weight excluding hydrogens is 196 g/mol. The van der Waals surface area contributed by atoms with E-state index in [-0.39, 0.29) is 0 Å². The van der Waals surface area contributed by atoms with Crippen molar-refractivity contribution in [2.24, 2.45) is 11.8 Å². The first-order chi connectivity index (χ1) is 7.75. The molecule has 2 aliphatic rings. The molecule has 0 amide bonds. The lowest BCUT2D eigenvalue weighted by atomic mass is 9.91. The lowest BCUT2D eigenvalue weighted by Gasteiger charge is -2.37. The van der Waals surface area contributed by atoms with Crippen molar-refractivity contribution in [2.75, 3.05) is 26.2 Å². The van der Waals surface area contributed by atoms with Gasteiger partial charge in [-0.2, -0.15) is 0 Å². The molecule has 0 aromatic carbocycles. The van der Waals surface area contributed by atoms with Gasteiger partial charge >= 0.3 is 0 Å². The summed E-state index contributed by atoms with van der Waals surface area (Å²) in [6, 6.07) is 0.825. The quantitative estimate of drug-likeness (QED) is 0.792. The highest BCUT2D eigenvalue weighted by molar-refractivity contribution is 4.78. The third-order valence-corrected chi connectivity index (χ3v) is 4.56. The van der Waals surface area contributed by atoms with Crippen LogP contribution < -0.4 is 5.32 Å². The molecule has 0 radical (unpaired) electrons. The minimum atomic E-state index is 0.825. The zero-order chi connectivity index (χ0) is 11.4. The van der Waals surface area contributed by atoms with E-state index in [0.717, 1.165) is 17.9 Å². The average molecular weight is 224 g/mol. The Hall–Kier alpha value is -0.0800. The van der Waals surface area contributed by atoms with Crippen molar-refractivity contribution in [1.82, 2.24) is 10.2 Å². The van der Waals surface area contributed by atoms with E-state index in [4.69, 9.17) is 0 Å². The van der Waals surface area contributed by atoms with Crippen molar-refractivity contribution in [3.8, 4) is 0 Å². The summed E-state index contributed by atoms with van der Waals surface area (Å²) in [7, 11) is 0. The number of hydrogen-bond acceptors (Lipinski definition) is 2. The Kier molecular flexibility index (Phi) is 4.66. The predicted octanol–water partition coefficient (Wildman–Crippen LogP) is 2.50. The Bertz CT molecular complexity index is 199. The first kappa shape index (κ1) is 12.4. The molecule has 2 rings (SSSR count). The van der Waals surface area contributed by atoms with Gasteiger partial charge in [0.15, 0.2) is 0 Å². The number of piperidine rings is 2. The number of nitrogens with one attached hydrogen (secondary N) is 1. The van der Waals surface area contributed by atoms with E-state index in [1.165, 1.54) is 58.3 Å². The maximum absolute atomic E-state index is 3.45. The van der Waals surface area contributed by atoms with Gasteiger partial charge in [0, 0.05) is 6.04 Å². The van der Waals surface area contributed by atoms with Gasteiger partial charge in [-0.05, 0) is 77.0 Å². The molecule has 0 aromatic heterocycles. The number of hydrogen-bond donors (Lipinski definition) is 1. The fraction of sp³-hybridized carbons (Fsp3) is 1.00. The number of likely N-dealkylation sites (tertiary alicyclic amines) is 1. The SMILES string of the molecule is CC1CCN(CCC2CCNCC2)C(C)C1. The smallest absolute Gasteiger partial charge is 0.00694 e. The second kappa shape index (κ2) is 6.02. The second-order valence-corrected chi connectivity index (χ2v) is 6.00. The van der Waals surface area contributed by atoms with Crippen LogP contribution in [0.2, 0.25) is 0 Å². The average Bonchev–Trinajstić information content (AvgIpc) is 2.29. The molecule has 2 atom stereocenters. The Morgan fingerprint density at radius 3 is 2.56 bits per heavy atom. The lowest BCUT2D eigenvalue weighted by Crippen LogP contribution is -2.41. The summed E-state index contributed by atoms with van der Waals surface area (Å²) >= 11 is 0. The summed E-state index contributed by atoms with van der Waals surface area (Å²) in [5.74, 6) is 1.94. The van der Waals surface area contributed by atoms with Crippen LogP contribution in [0.25, 0.3) is 0 Å². The normalized spacial score (nSPS) is 34.1. The molecule has 94 valence electrons. The van der Waals surface area contributed by atoms with E-state index >= 15 is 0 Å². The van der Waals surface area contributed by atoms with Crippen molar-refractivity contribution < 1.29 is 0 Å². The topological polar surface area (TPSA) is 15.3 Å². The Morgan fingerprint density at radius 1 is 1.12 bits per heavy atom. The van der Waals surface area contributed by atoms with Crippen molar-refractivity contribution in [3.63, 3.8) is 0 Å². The molecule has 0 aliphatic carbocycles. The Balaban J connectivity index is 1.68. The van der Waals surface area contributed by atoms with Gasteiger partial charge in [-0.15, -0.1) is 0 Å². The highest BCUT2D eigenvalue weighted by atomic mass is 15.2. The maximum atomic E-state index is 3.45. The zero-order valence-corrected chi connectivity index (χ0v) is 11.0. The van der Waals surface area contributed by atoms with Crippen LogP contribution in [0.5, 0.6) is 0 Å². The van der Waals surface area contributed by atoms with Crippen molar-refractivity contribution in [2.45, 2.75) is 52.0 Å². The molecule has 0 aromatic rings. The van der Waals surface area contributed by atoms with Crippen LogP contribution in [-0.4, -0.2) is 37.1 Å². The van der Waals surface area contributed by atoms with Crippen molar-refractivity contribution in [1.29, 1.82) is 0 Å². The lowest BCUT2D eigenvalue weighted by molar-refractivity contribution is 0.118. The molecule has 16 heavy (non-hydrogen) atoms. The van der Waals surface area contributed by atoms with Gasteiger partial charge in [-0.3, -0.25) is 0 Å². The van der Waals surface area contributed by atoms with Crippen LogP contribution in [0.15, 0.2) is 0 Å². The molecule has 2 heteroatoms. The van der Waals surface area contributed by atoms with Gasteiger partial charge in [-0.25, -0.2) is 0 Å². The fourth-order valence-corrected chi connectivity index (χ4v) is 3.31. The van der Waals surface area contributed by atoms with Gasteiger partial charge in [0.05, 0.1) is 0 Å². The summed E-state index contributed by atoms with van der Waals surface area (Å²) in [5, 5.41) is 3.45. The molecule has 2 heterocycles. The van der Waals surface area contributed by atoms with E-state index in [9.17, 15) is 0 Å². The Labute approximate surface area is 101 Å². The van der Waals surface area contributed by atoms with E-state index in [0.29, 0.717) is 0 Å². The first-order valence-electron chi connectivity index (χ1n) is 7.20. The zero-order valence-electron chi connectivity index (χ0n) is 11.0. The van der Waals surface area contributed by atoms with Crippen LogP contribution in [0.3, 0.4) is 0 Å². The minimum Gasteiger partial charge on any atom is -0.317 e. The predicted molar refractivity (Wildman–Crippen MR) is 69.6 cm³/mol. The van der Waals surface area contributed by atoms with E-state index in [2.05, 4.69) is 24.1 Å². The highest BCUT2D eigenvalue weighted by Crippen LogP contribution is 2.24. The number of rotatable bonds is 3. The third-order valence-electron chi connectivity index (χ3n) is 4.56. The molecule has 0 spiro atoms. The molecule has 2 aliphatic heterocycles. The molecule has 0 bridgehead atoms. The summed E-state index contributed by atoms with van der Waals surface area (Å²) in [4.78, 5) is 2.72. The minimum absolute atomic E-state index is 0.825. The molecule has 2 saturated heterocycles. The molecule has 2 nitrogen and oxygen atoms in total. The molecule has 1 N–H and O–H groups in total. The standard InChI is InChI=1S/C14H28N2/c1-12-5-9-16(13(2)11-12)10-6-14-3-7-15-8-4-14/h12-15H,3-11H2,1-2H3. The van der Waals surface area contributed by atoms with Gasteiger partial charge in [0.2, 0.25) is 0 Å². The van der Waals surface area contributed by atoms with Gasteiger partial charge in [0.25, 0.3) is 0 Å². The van der Waals surface area contributed by atoms with Crippen molar-refractivity contribution >= 4 is 0 Å². The largest absolute Gasteiger partial charge is 0.317 e. The first-order valence-corrected chi connectivity index (χ1v) is 7.20. The van der Waals surface area contributed by atoms with Gasteiger partial charge < -0.3 is 10.2 Å². The second-order valence-electron chi connectivity index (χ2n) is 6.00. The summed E-state index contributed by atoms with van der Waals surface area (Å²) in [6.07, 6.45) is 7.06. The molecular formula is C14H28N2. The maximum Gasteiger partial charge on any atom is 0.00694 e.